The van der Waals surface area contributed by atoms with Crippen molar-refractivity contribution in [3.05, 3.63) is 59.7 Å². The van der Waals surface area contributed by atoms with Gasteiger partial charge in [-0.1, -0.05) is 30.4 Å². The predicted octanol–water partition coefficient (Wildman–Crippen LogP) is 4.47. The first-order valence-corrected chi connectivity index (χ1v) is 7.06. The fourth-order valence-corrected chi connectivity index (χ4v) is 2.79. The van der Waals surface area contributed by atoms with Gasteiger partial charge in [-0.05, 0) is 55.2 Å². The second-order valence-corrected chi connectivity index (χ2v) is 5.22. The zero-order chi connectivity index (χ0) is 14.2. The molecule has 0 bridgehead atoms. The highest BCUT2D eigenvalue weighted by Gasteiger charge is 2.20. The average Bonchev–Trinajstić information content (AvgIpc) is 2.52. The van der Waals surface area contributed by atoms with Crippen LogP contribution in [0.15, 0.2) is 48.6 Å². The van der Waals surface area contributed by atoms with Gasteiger partial charge in [-0.2, -0.15) is 10.5 Å². The van der Waals surface area contributed by atoms with Crippen LogP contribution in [0.2, 0.25) is 0 Å². The summed E-state index contributed by atoms with van der Waals surface area (Å²) in [6, 6.07) is 12.2. The monoisotopic (exact) mass is 262 g/mol. The molecule has 1 aromatic carbocycles. The molecule has 1 fully saturated rings. The maximum atomic E-state index is 8.81. The Balaban J connectivity index is 1.88. The number of benzene rings is 1. The molecular formula is C18H18N2. The smallest absolute Gasteiger partial charge is 0.0991 e. The van der Waals surface area contributed by atoms with Crippen LogP contribution >= 0.6 is 0 Å². The van der Waals surface area contributed by atoms with E-state index >= 15 is 0 Å². The summed E-state index contributed by atoms with van der Waals surface area (Å²) >= 11 is 0. The minimum absolute atomic E-state index is 0.627. The van der Waals surface area contributed by atoms with Gasteiger partial charge in [0.1, 0.15) is 0 Å². The van der Waals surface area contributed by atoms with Crippen LogP contribution in [0, 0.1) is 28.6 Å². The quantitative estimate of drug-likeness (QED) is 0.596. The Bertz CT molecular complexity index is 559. The lowest BCUT2D eigenvalue weighted by Gasteiger charge is -2.27. The molecule has 0 spiro atoms. The summed E-state index contributed by atoms with van der Waals surface area (Å²) in [5.74, 6) is 1.26. The molecule has 0 heterocycles. The molecule has 0 saturated heterocycles. The fourth-order valence-electron chi connectivity index (χ4n) is 2.79. The third kappa shape index (κ3) is 3.84. The average molecular weight is 262 g/mol. The van der Waals surface area contributed by atoms with E-state index in [0.29, 0.717) is 11.8 Å². The van der Waals surface area contributed by atoms with E-state index in [2.05, 4.69) is 24.3 Å². The van der Waals surface area contributed by atoms with Crippen LogP contribution in [0.5, 0.6) is 0 Å². The van der Waals surface area contributed by atoms with Gasteiger partial charge in [0.05, 0.1) is 17.7 Å². The Labute approximate surface area is 120 Å². The standard InChI is InChI=1S/C18H18N2/c19-13-3-1-2-4-15-5-9-17(10-6-15)18-11-7-16(14-20)8-12-18/h1-4,7-8,11-12,15,17H,5-6,9-10H2. The topological polar surface area (TPSA) is 47.6 Å². The second-order valence-electron chi connectivity index (χ2n) is 5.22. The summed E-state index contributed by atoms with van der Waals surface area (Å²) < 4.78 is 0. The zero-order valence-corrected chi connectivity index (χ0v) is 11.5. The Kier molecular flexibility index (Phi) is 5.15. The molecule has 100 valence electrons. The molecule has 0 aromatic heterocycles. The molecule has 0 N–H and O–H groups in total. The largest absolute Gasteiger partial charge is 0.193 e. The van der Waals surface area contributed by atoms with Crippen molar-refractivity contribution in [3.8, 4) is 12.1 Å². The van der Waals surface area contributed by atoms with Crippen LogP contribution < -0.4 is 0 Å². The van der Waals surface area contributed by atoms with Crippen molar-refractivity contribution in [1.82, 2.24) is 0 Å². The normalized spacial score (nSPS) is 22.7. The van der Waals surface area contributed by atoms with Crippen molar-refractivity contribution < 1.29 is 0 Å². The second kappa shape index (κ2) is 7.31. The van der Waals surface area contributed by atoms with Gasteiger partial charge in [0, 0.05) is 6.08 Å². The SMILES string of the molecule is N#CC=CC=CC1CCC(c2ccc(C#N)cc2)CC1. The minimum atomic E-state index is 0.627. The molecule has 0 aliphatic heterocycles. The van der Waals surface area contributed by atoms with Crippen molar-refractivity contribution in [3.63, 3.8) is 0 Å². The minimum Gasteiger partial charge on any atom is -0.193 e. The first kappa shape index (κ1) is 14.1. The number of hydrogen-bond donors (Lipinski definition) is 0. The molecule has 0 amide bonds. The van der Waals surface area contributed by atoms with E-state index < -0.39 is 0 Å². The van der Waals surface area contributed by atoms with E-state index in [0.717, 1.165) is 5.56 Å². The summed E-state index contributed by atoms with van der Waals surface area (Å²) in [7, 11) is 0. The number of rotatable bonds is 3. The first-order valence-electron chi connectivity index (χ1n) is 7.06. The van der Waals surface area contributed by atoms with Crippen molar-refractivity contribution in [2.75, 3.05) is 0 Å². The molecule has 2 nitrogen and oxygen atoms in total. The van der Waals surface area contributed by atoms with Crippen molar-refractivity contribution in [2.24, 2.45) is 5.92 Å². The molecule has 2 heteroatoms. The van der Waals surface area contributed by atoms with Gasteiger partial charge < -0.3 is 0 Å². The molecule has 0 unspecified atom stereocenters. The molecule has 1 aromatic rings. The summed E-state index contributed by atoms with van der Waals surface area (Å²) in [6.45, 7) is 0. The van der Waals surface area contributed by atoms with Crippen LogP contribution in [0.3, 0.4) is 0 Å². The number of allylic oxidation sites excluding steroid dienone is 4. The highest BCUT2D eigenvalue weighted by atomic mass is 14.3. The Hall–Kier alpha value is -2.32. The van der Waals surface area contributed by atoms with Crippen LogP contribution in [0.4, 0.5) is 0 Å². The van der Waals surface area contributed by atoms with Gasteiger partial charge in [0.15, 0.2) is 0 Å². The molecule has 0 atom stereocenters. The number of nitrogens with zero attached hydrogens (tertiary/aromatic N) is 2. The molecule has 0 radical (unpaired) electrons. The lowest BCUT2D eigenvalue weighted by Crippen LogP contribution is -2.11. The number of hydrogen-bond acceptors (Lipinski definition) is 2. The summed E-state index contributed by atoms with van der Waals surface area (Å²) in [4.78, 5) is 0. The van der Waals surface area contributed by atoms with Gasteiger partial charge in [0.2, 0.25) is 0 Å². The van der Waals surface area contributed by atoms with Crippen LogP contribution in [-0.2, 0) is 0 Å². The van der Waals surface area contributed by atoms with E-state index in [-0.39, 0.29) is 0 Å². The summed E-state index contributed by atoms with van der Waals surface area (Å²) in [5.41, 5.74) is 2.09. The number of nitriles is 2. The van der Waals surface area contributed by atoms with E-state index in [1.807, 2.05) is 24.3 Å². The van der Waals surface area contributed by atoms with Gasteiger partial charge >= 0.3 is 0 Å². The predicted molar refractivity (Wildman–Crippen MR) is 79.7 cm³/mol. The van der Waals surface area contributed by atoms with Crippen molar-refractivity contribution >= 4 is 0 Å². The van der Waals surface area contributed by atoms with Crippen LogP contribution in [0.25, 0.3) is 0 Å². The van der Waals surface area contributed by atoms with Gasteiger partial charge in [-0.25, -0.2) is 0 Å². The highest BCUT2D eigenvalue weighted by molar-refractivity contribution is 5.33. The molecule has 1 aliphatic rings. The fraction of sp³-hybridized carbons (Fsp3) is 0.333. The lowest BCUT2D eigenvalue weighted by molar-refractivity contribution is 0.376. The molecule has 2 rings (SSSR count). The Morgan fingerprint density at radius 1 is 0.950 bits per heavy atom. The third-order valence-corrected chi connectivity index (χ3v) is 3.95. The van der Waals surface area contributed by atoms with E-state index in [1.165, 1.54) is 37.3 Å². The van der Waals surface area contributed by atoms with Crippen molar-refractivity contribution in [1.29, 1.82) is 10.5 Å². The molecule has 1 saturated carbocycles. The lowest BCUT2D eigenvalue weighted by atomic mass is 9.78. The van der Waals surface area contributed by atoms with Crippen molar-refractivity contribution in [2.45, 2.75) is 31.6 Å². The van der Waals surface area contributed by atoms with Gasteiger partial charge in [-0.3, -0.25) is 0 Å². The third-order valence-electron chi connectivity index (χ3n) is 3.95. The molecule has 20 heavy (non-hydrogen) atoms. The van der Waals surface area contributed by atoms with Gasteiger partial charge in [0.25, 0.3) is 0 Å². The Morgan fingerprint density at radius 2 is 1.65 bits per heavy atom. The van der Waals surface area contributed by atoms with E-state index in [1.54, 1.807) is 6.08 Å². The zero-order valence-electron chi connectivity index (χ0n) is 11.5. The maximum absolute atomic E-state index is 8.81. The molecule has 1 aliphatic carbocycles. The van der Waals surface area contributed by atoms with Crippen LogP contribution in [-0.4, -0.2) is 0 Å². The van der Waals surface area contributed by atoms with E-state index in [4.69, 9.17) is 10.5 Å². The first-order chi connectivity index (χ1) is 9.83. The van der Waals surface area contributed by atoms with Gasteiger partial charge in [-0.15, -0.1) is 0 Å². The van der Waals surface area contributed by atoms with E-state index in [9.17, 15) is 0 Å². The Morgan fingerprint density at radius 3 is 2.25 bits per heavy atom. The summed E-state index contributed by atoms with van der Waals surface area (Å²) in [6.07, 6.45) is 12.3. The summed E-state index contributed by atoms with van der Waals surface area (Å²) in [5, 5.41) is 17.2. The highest BCUT2D eigenvalue weighted by Crippen LogP contribution is 2.36. The maximum Gasteiger partial charge on any atom is 0.0991 e. The molecular weight excluding hydrogens is 244 g/mol. The van der Waals surface area contributed by atoms with Crippen LogP contribution in [0.1, 0.15) is 42.7 Å².